The van der Waals surface area contributed by atoms with Crippen molar-refractivity contribution >= 4 is 22.7 Å². The average molecular weight is 570 g/mol. The summed E-state index contributed by atoms with van der Waals surface area (Å²) in [4.78, 5) is 7.75. The van der Waals surface area contributed by atoms with E-state index in [0.29, 0.717) is 29.6 Å². The molecule has 0 radical (unpaired) electrons. The van der Waals surface area contributed by atoms with Gasteiger partial charge in [-0.3, -0.25) is 0 Å². The highest BCUT2D eigenvalue weighted by Gasteiger charge is 2.57. The number of anilines is 2. The van der Waals surface area contributed by atoms with Gasteiger partial charge in [0.2, 0.25) is 11.4 Å². The zero-order valence-corrected chi connectivity index (χ0v) is 23.1. The van der Waals surface area contributed by atoms with Crippen molar-refractivity contribution < 1.29 is 23.4 Å². The van der Waals surface area contributed by atoms with Crippen LogP contribution in [0.1, 0.15) is 51.9 Å². The normalized spacial score (nSPS) is 33.1. The largest absolute Gasteiger partial charge is 0.382 e. The number of alkyl halides is 2. The highest BCUT2D eigenvalue weighted by atomic mass is 19.1. The van der Waals surface area contributed by atoms with Crippen LogP contribution < -0.4 is 11.5 Å². The van der Waals surface area contributed by atoms with Crippen LogP contribution in [0.25, 0.3) is 11.0 Å². The van der Waals surface area contributed by atoms with Crippen LogP contribution in [0.15, 0.2) is 36.9 Å². The van der Waals surface area contributed by atoms with E-state index in [9.17, 15) is 19.1 Å². The Labute approximate surface area is 234 Å². The number of ether oxygens (including phenoxy) is 2. The Bertz CT molecular complexity index is 1610. The number of nitriles is 1. The summed E-state index contributed by atoms with van der Waals surface area (Å²) in [7, 11) is 0. The summed E-state index contributed by atoms with van der Waals surface area (Å²) in [5.41, 5.74) is 11.5. The number of hydrogen-bond donors (Lipinski definition) is 3. The van der Waals surface area contributed by atoms with Gasteiger partial charge < -0.3 is 26.0 Å². The van der Waals surface area contributed by atoms with Crippen molar-refractivity contribution in [3.63, 3.8) is 0 Å². The zero-order chi connectivity index (χ0) is 29.7. The first-order valence-corrected chi connectivity index (χ1v) is 13.5. The third-order valence-electron chi connectivity index (χ3n) is 8.21. The third kappa shape index (κ3) is 4.27. The maximum absolute atomic E-state index is 14.8. The van der Waals surface area contributed by atoms with E-state index in [1.165, 1.54) is 21.7 Å². The van der Waals surface area contributed by atoms with Crippen molar-refractivity contribution in [3.05, 3.63) is 48.3 Å². The number of halogens is 2. The first kappa shape index (κ1) is 28.6. The molecule has 2 aliphatic heterocycles. The van der Waals surface area contributed by atoms with Gasteiger partial charge in [0.1, 0.15) is 35.5 Å². The standard InChI is InChI=1S/C14H16FN5O.C13H17FN4O2/c1-3-10-8(2)12(15)14(6-16,21-10)11-5-4-9-13(17)18-7-19-20(9)11;1-3-9-7(2)11(14)13(19,20-9)10-5-4-8-12(15)16-6-17-18(8)10/h4-5,7-8,10,12H,3H2,1-2H3,(H2,17,18,19);4-7,9,11,19H,3H2,1-2H3,(H2,15,16,17)/t8-,10-,12-,14+;7-,9-,11-,13?/m11/s1. The van der Waals surface area contributed by atoms with Gasteiger partial charge >= 0.3 is 0 Å². The van der Waals surface area contributed by atoms with Gasteiger partial charge in [-0.05, 0) is 37.1 Å². The van der Waals surface area contributed by atoms with E-state index < -0.39 is 29.6 Å². The van der Waals surface area contributed by atoms with Crippen molar-refractivity contribution in [1.82, 2.24) is 29.2 Å². The lowest BCUT2D eigenvalue weighted by Crippen LogP contribution is -2.36. The van der Waals surface area contributed by atoms with Gasteiger partial charge in [0, 0.05) is 11.8 Å². The molecule has 8 atom stereocenters. The molecule has 5 N–H and O–H groups in total. The lowest BCUT2D eigenvalue weighted by atomic mass is 9.89. The predicted molar refractivity (Wildman–Crippen MR) is 144 cm³/mol. The number of hydrogen-bond acceptors (Lipinski definition) is 10. The fraction of sp³-hybridized carbons (Fsp3) is 0.519. The van der Waals surface area contributed by atoms with E-state index in [1.807, 2.05) is 19.9 Å². The summed E-state index contributed by atoms with van der Waals surface area (Å²) in [5.74, 6) is -2.22. The second-order valence-electron chi connectivity index (χ2n) is 10.5. The number of nitrogens with zero attached hydrogens (tertiary/aromatic N) is 7. The van der Waals surface area contributed by atoms with Crippen molar-refractivity contribution in [2.24, 2.45) is 11.8 Å². The molecule has 0 spiro atoms. The van der Waals surface area contributed by atoms with Gasteiger partial charge in [-0.1, -0.05) is 27.7 Å². The fourth-order valence-electron chi connectivity index (χ4n) is 5.83. The maximum atomic E-state index is 14.8. The van der Waals surface area contributed by atoms with Crippen LogP contribution in [0.5, 0.6) is 0 Å². The molecule has 41 heavy (non-hydrogen) atoms. The van der Waals surface area contributed by atoms with Gasteiger partial charge in [-0.25, -0.2) is 27.8 Å². The Morgan fingerprint density at radius 1 is 0.878 bits per heavy atom. The van der Waals surface area contributed by atoms with E-state index in [-0.39, 0.29) is 35.5 Å². The summed E-state index contributed by atoms with van der Waals surface area (Å²) >= 11 is 0. The second kappa shape index (κ2) is 10.5. The molecule has 0 bridgehead atoms. The molecule has 4 aromatic heterocycles. The molecule has 0 aromatic carbocycles. The Kier molecular flexibility index (Phi) is 7.31. The Balaban J connectivity index is 0.000000165. The van der Waals surface area contributed by atoms with Crippen molar-refractivity contribution in [1.29, 1.82) is 5.26 Å². The van der Waals surface area contributed by atoms with E-state index in [2.05, 4.69) is 20.2 Å². The van der Waals surface area contributed by atoms with Crippen LogP contribution >= 0.6 is 0 Å². The summed E-state index contributed by atoms with van der Waals surface area (Å²) in [6.45, 7) is 7.31. The van der Waals surface area contributed by atoms with Crippen LogP contribution in [-0.4, -0.2) is 58.9 Å². The predicted octanol–water partition coefficient (Wildman–Crippen LogP) is 3.05. The summed E-state index contributed by atoms with van der Waals surface area (Å²) < 4.78 is 43.5. The maximum Gasteiger partial charge on any atom is 0.243 e. The smallest absolute Gasteiger partial charge is 0.243 e. The molecule has 0 aliphatic carbocycles. The average Bonchev–Trinajstić information content (AvgIpc) is 3.72. The first-order chi connectivity index (χ1) is 19.5. The molecule has 6 rings (SSSR count). The summed E-state index contributed by atoms with van der Waals surface area (Å²) in [6, 6.07) is 8.52. The first-order valence-electron chi connectivity index (χ1n) is 13.5. The number of fused-ring (bicyclic) bond motifs is 2. The Hall–Kier alpha value is -3.93. The second-order valence-corrected chi connectivity index (χ2v) is 10.5. The summed E-state index contributed by atoms with van der Waals surface area (Å²) in [6.07, 6.45) is 0.223. The lowest BCUT2D eigenvalue weighted by Gasteiger charge is -2.24. The van der Waals surface area contributed by atoms with Crippen molar-refractivity contribution in [2.75, 3.05) is 11.5 Å². The molecular weight excluding hydrogens is 536 g/mol. The molecule has 6 heterocycles. The van der Waals surface area contributed by atoms with Crippen LogP contribution in [-0.2, 0) is 20.9 Å². The number of aromatic nitrogens is 6. The highest BCUT2D eigenvalue weighted by molar-refractivity contribution is 5.66. The van der Waals surface area contributed by atoms with Crippen LogP contribution in [0.4, 0.5) is 20.4 Å². The van der Waals surface area contributed by atoms with E-state index in [4.69, 9.17) is 20.9 Å². The molecule has 14 heteroatoms. The minimum Gasteiger partial charge on any atom is -0.382 e. The molecule has 2 fully saturated rings. The van der Waals surface area contributed by atoms with Crippen LogP contribution in [0.2, 0.25) is 0 Å². The Morgan fingerprint density at radius 2 is 1.37 bits per heavy atom. The molecule has 0 saturated carbocycles. The van der Waals surface area contributed by atoms with Gasteiger partial charge in [0.05, 0.1) is 17.9 Å². The highest BCUT2D eigenvalue weighted by Crippen LogP contribution is 2.46. The topological polar surface area (TPSA) is 175 Å². The number of aliphatic hydroxyl groups is 1. The van der Waals surface area contributed by atoms with Gasteiger partial charge in [-0.15, -0.1) is 0 Å². The van der Waals surface area contributed by atoms with Crippen LogP contribution in [0.3, 0.4) is 0 Å². The number of nitrogen functional groups attached to an aromatic ring is 2. The molecule has 218 valence electrons. The lowest BCUT2D eigenvalue weighted by molar-refractivity contribution is -0.227. The minimum absolute atomic E-state index is 0.233. The molecule has 1 unspecified atom stereocenters. The molecular formula is C27H33F2N9O3. The number of nitrogens with two attached hydrogens (primary N) is 2. The molecule has 2 saturated heterocycles. The molecule has 2 aliphatic rings. The Morgan fingerprint density at radius 3 is 1.85 bits per heavy atom. The van der Waals surface area contributed by atoms with Gasteiger partial charge in [0.15, 0.2) is 24.0 Å². The summed E-state index contributed by atoms with van der Waals surface area (Å²) in [5, 5.41) is 28.4. The van der Waals surface area contributed by atoms with Crippen molar-refractivity contribution in [3.8, 4) is 6.07 Å². The SMILES string of the molecule is CC[C@H]1OC(O)(c2ccc3c(N)ncnn23)[C@H](F)[C@@H]1C.CC[C@H]1O[C@@](C#N)(c2ccc3c(N)ncnn23)[C@H](F)[C@@H]1C. The third-order valence-corrected chi connectivity index (χ3v) is 8.21. The van der Waals surface area contributed by atoms with E-state index in [1.54, 1.807) is 38.1 Å². The van der Waals surface area contributed by atoms with Crippen LogP contribution in [0, 0.1) is 23.2 Å². The molecule has 0 amide bonds. The minimum atomic E-state index is -2.01. The van der Waals surface area contributed by atoms with Crippen molar-refractivity contribution in [2.45, 2.75) is 76.5 Å². The van der Waals surface area contributed by atoms with Gasteiger partial charge in [-0.2, -0.15) is 15.5 Å². The quantitative estimate of drug-likeness (QED) is 0.331. The van der Waals surface area contributed by atoms with E-state index >= 15 is 0 Å². The monoisotopic (exact) mass is 569 g/mol. The van der Waals surface area contributed by atoms with E-state index in [0.717, 1.165) is 0 Å². The zero-order valence-electron chi connectivity index (χ0n) is 23.1. The van der Waals surface area contributed by atoms with Gasteiger partial charge in [0.25, 0.3) is 0 Å². The molecule has 12 nitrogen and oxygen atoms in total. The fourth-order valence-corrected chi connectivity index (χ4v) is 5.83. The number of rotatable bonds is 4. The molecule has 4 aromatic rings.